The molecule has 0 atom stereocenters. The van der Waals surface area contributed by atoms with E-state index in [9.17, 15) is 18.4 Å². The number of rotatable bonds is 0. The van der Waals surface area contributed by atoms with E-state index in [4.69, 9.17) is 9.47 Å². The van der Waals surface area contributed by atoms with Crippen molar-refractivity contribution in [2.45, 2.75) is 43.8 Å². The Morgan fingerprint density at radius 3 is 1.87 bits per heavy atom. The maximum absolute atomic E-state index is 12.9. The monoisotopic (exact) mass is 220 g/mol. The molecule has 2 aliphatic rings. The molecule has 1 aliphatic heterocycles. The van der Waals surface area contributed by atoms with Gasteiger partial charge < -0.3 is 9.47 Å². The van der Waals surface area contributed by atoms with E-state index in [0.717, 1.165) is 0 Å². The van der Waals surface area contributed by atoms with Crippen LogP contribution in [0.3, 0.4) is 0 Å². The third-order valence-corrected chi connectivity index (χ3v) is 2.63. The molecule has 0 aromatic heterocycles. The van der Waals surface area contributed by atoms with E-state index in [-0.39, 0.29) is 12.8 Å². The van der Waals surface area contributed by atoms with Gasteiger partial charge in [0.25, 0.3) is 5.79 Å². The lowest BCUT2D eigenvalue weighted by atomic mass is 9.90. The normalized spacial score (nSPS) is 28.4. The van der Waals surface area contributed by atoms with E-state index < -0.39 is 42.9 Å². The van der Waals surface area contributed by atoms with Crippen LogP contribution >= 0.6 is 0 Å². The molecule has 1 heterocycles. The van der Waals surface area contributed by atoms with Crippen molar-refractivity contribution in [3.63, 3.8) is 0 Å². The summed E-state index contributed by atoms with van der Waals surface area (Å²) in [7, 11) is 0. The molecule has 4 nitrogen and oxygen atoms in total. The fourth-order valence-electron chi connectivity index (χ4n) is 1.83. The number of hydrogen-bond acceptors (Lipinski definition) is 4. The third-order valence-electron chi connectivity index (χ3n) is 2.63. The van der Waals surface area contributed by atoms with Gasteiger partial charge in [0.2, 0.25) is 5.92 Å². The van der Waals surface area contributed by atoms with Crippen molar-refractivity contribution >= 4 is 11.9 Å². The summed E-state index contributed by atoms with van der Waals surface area (Å²) in [6.45, 7) is 0. The fraction of sp³-hybridized carbons (Fsp3) is 0.778. The summed E-state index contributed by atoms with van der Waals surface area (Å²) in [6.07, 6.45) is -1.53. The summed E-state index contributed by atoms with van der Waals surface area (Å²) in [6, 6.07) is 0. The molecule has 2 rings (SSSR count). The Bertz CT molecular complexity index is 285. The number of carbonyl (C=O) groups is 2. The molecule has 0 unspecified atom stereocenters. The smallest absolute Gasteiger partial charge is 0.320 e. The maximum atomic E-state index is 12.9. The predicted molar refractivity (Wildman–Crippen MR) is 42.9 cm³/mol. The Hall–Kier alpha value is -1.20. The first-order valence-corrected chi connectivity index (χ1v) is 4.72. The van der Waals surface area contributed by atoms with Gasteiger partial charge in [0.1, 0.15) is 6.42 Å². The fourth-order valence-corrected chi connectivity index (χ4v) is 1.83. The molecule has 1 spiro atoms. The number of hydrogen-bond donors (Lipinski definition) is 0. The third kappa shape index (κ3) is 2.08. The molecule has 0 radical (unpaired) electrons. The molecule has 0 amide bonds. The van der Waals surface area contributed by atoms with E-state index in [1.54, 1.807) is 0 Å². The lowest BCUT2D eigenvalue weighted by Crippen LogP contribution is -2.49. The zero-order valence-corrected chi connectivity index (χ0v) is 7.92. The van der Waals surface area contributed by atoms with Gasteiger partial charge in [0.15, 0.2) is 0 Å². The molecule has 0 aromatic carbocycles. The second kappa shape index (κ2) is 3.15. The van der Waals surface area contributed by atoms with E-state index in [2.05, 4.69) is 0 Å². The van der Waals surface area contributed by atoms with Gasteiger partial charge in [0.05, 0.1) is 0 Å². The maximum Gasteiger partial charge on any atom is 0.320 e. The first-order chi connectivity index (χ1) is 6.91. The quantitative estimate of drug-likeness (QED) is 0.457. The summed E-state index contributed by atoms with van der Waals surface area (Å²) in [5.74, 6) is -5.57. The van der Waals surface area contributed by atoms with Crippen molar-refractivity contribution in [2.75, 3.05) is 0 Å². The highest BCUT2D eigenvalue weighted by molar-refractivity contribution is 5.93. The minimum atomic E-state index is -2.75. The van der Waals surface area contributed by atoms with Gasteiger partial charge in [-0.2, -0.15) is 0 Å². The van der Waals surface area contributed by atoms with Crippen molar-refractivity contribution < 1.29 is 27.8 Å². The minimum absolute atomic E-state index is 0.127. The first kappa shape index (κ1) is 10.3. The number of halogens is 2. The molecule has 2 fully saturated rings. The average molecular weight is 220 g/mol. The van der Waals surface area contributed by atoms with Crippen LogP contribution in [0.4, 0.5) is 8.78 Å². The van der Waals surface area contributed by atoms with Crippen LogP contribution < -0.4 is 0 Å². The highest BCUT2D eigenvalue weighted by Gasteiger charge is 2.50. The second-order valence-corrected chi connectivity index (χ2v) is 3.89. The molecule has 1 saturated heterocycles. The van der Waals surface area contributed by atoms with E-state index in [1.807, 2.05) is 0 Å². The van der Waals surface area contributed by atoms with Crippen molar-refractivity contribution in [1.29, 1.82) is 0 Å². The number of ether oxygens (including phenoxy) is 2. The van der Waals surface area contributed by atoms with Gasteiger partial charge in [-0.1, -0.05) is 0 Å². The molecule has 1 saturated carbocycles. The largest absolute Gasteiger partial charge is 0.422 e. The van der Waals surface area contributed by atoms with Crippen LogP contribution in [0.2, 0.25) is 0 Å². The minimum Gasteiger partial charge on any atom is -0.422 e. The van der Waals surface area contributed by atoms with Crippen molar-refractivity contribution in [3.05, 3.63) is 0 Å². The summed E-state index contributed by atoms with van der Waals surface area (Å²) >= 11 is 0. The van der Waals surface area contributed by atoms with Crippen LogP contribution in [0.5, 0.6) is 0 Å². The molecule has 0 aromatic rings. The number of carbonyl (C=O) groups excluding carboxylic acids is 2. The van der Waals surface area contributed by atoms with Crippen molar-refractivity contribution in [3.8, 4) is 0 Å². The summed E-state index contributed by atoms with van der Waals surface area (Å²) < 4.78 is 35.4. The number of alkyl halides is 2. The second-order valence-electron chi connectivity index (χ2n) is 3.89. The van der Waals surface area contributed by atoms with E-state index in [1.165, 1.54) is 0 Å². The highest BCUT2D eigenvalue weighted by atomic mass is 19.3. The van der Waals surface area contributed by atoms with Crippen LogP contribution in [-0.2, 0) is 19.1 Å². The van der Waals surface area contributed by atoms with Crippen LogP contribution in [0.15, 0.2) is 0 Å². The summed E-state index contributed by atoms with van der Waals surface area (Å²) in [5.41, 5.74) is 0. The zero-order valence-electron chi connectivity index (χ0n) is 7.92. The molecular weight excluding hydrogens is 210 g/mol. The molecule has 0 bridgehead atoms. The Kier molecular flexibility index (Phi) is 2.17. The molecule has 84 valence electrons. The molecule has 6 heteroatoms. The Morgan fingerprint density at radius 2 is 1.40 bits per heavy atom. The van der Waals surface area contributed by atoms with Crippen LogP contribution in [0.1, 0.15) is 32.1 Å². The SMILES string of the molecule is O=C1CC(=O)OC2(CCC(F)(F)CC2)O1. The average Bonchev–Trinajstić information content (AvgIpc) is 2.10. The Labute approximate surface area is 84.5 Å². The molecular formula is C9H10F2O4. The molecule has 15 heavy (non-hydrogen) atoms. The topological polar surface area (TPSA) is 52.6 Å². The standard InChI is InChI=1S/C9H10F2O4/c10-8(11)1-3-9(4-2-8)14-6(12)5-7(13)15-9/h1-5H2. The summed E-state index contributed by atoms with van der Waals surface area (Å²) in [4.78, 5) is 22.0. The van der Waals surface area contributed by atoms with E-state index >= 15 is 0 Å². The van der Waals surface area contributed by atoms with Gasteiger partial charge in [0, 0.05) is 25.7 Å². The van der Waals surface area contributed by atoms with Crippen LogP contribution in [-0.4, -0.2) is 23.6 Å². The first-order valence-electron chi connectivity index (χ1n) is 4.72. The Balaban J connectivity index is 2.08. The van der Waals surface area contributed by atoms with Gasteiger partial charge in [-0.05, 0) is 0 Å². The van der Waals surface area contributed by atoms with Gasteiger partial charge in [-0.3, -0.25) is 9.59 Å². The molecule has 0 N–H and O–H groups in total. The summed E-state index contributed by atoms with van der Waals surface area (Å²) in [5, 5.41) is 0. The van der Waals surface area contributed by atoms with E-state index in [0.29, 0.717) is 0 Å². The van der Waals surface area contributed by atoms with Gasteiger partial charge in [-0.15, -0.1) is 0 Å². The van der Waals surface area contributed by atoms with Crippen molar-refractivity contribution in [2.24, 2.45) is 0 Å². The van der Waals surface area contributed by atoms with Crippen LogP contribution in [0, 0.1) is 0 Å². The lowest BCUT2D eigenvalue weighted by molar-refractivity contribution is -0.265. The molecule has 1 aliphatic carbocycles. The highest BCUT2D eigenvalue weighted by Crippen LogP contribution is 2.42. The van der Waals surface area contributed by atoms with Crippen molar-refractivity contribution in [1.82, 2.24) is 0 Å². The van der Waals surface area contributed by atoms with Crippen LogP contribution in [0.25, 0.3) is 0 Å². The lowest BCUT2D eigenvalue weighted by Gasteiger charge is -2.40. The zero-order chi connectivity index (χ0) is 11.1. The van der Waals surface area contributed by atoms with Gasteiger partial charge in [-0.25, -0.2) is 8.78 Å². The number of esters is 2. The Morgan fingerprint density at radius 1 is 0.933 bits per heavy atom. The van der Waals surface area contributed by atoms with Gasteiger partial charge >= 0.3 is 11.9 Å². The predicted octanol–water partition coefficient (Wildman–Crippen LogP) is 1.38.